The molecule has 0 bridgehead atoms. The Morgan fingerprint density at radius 3 is 2.75 bits per heavy atom. The van der Waals surface area contributed by atoms with Gasteiger partial charge in [-0.1, -0.05) is 30.3 Å². The summed E-state index contributed by atoms with van der Waals surface area (Å²) < 4.78 is 19.6. The Hall–Kier alpha value is -2.70. The predicted octanol–water partition coefficient (Wildman–Crippen LogP) is 2.83. The van der Waals surface area contributed by atoms with Gasteiger partial charge in [0.1, 0.15) is 5.82 Å². The lowest BCUT2D eigenvalue weighted by Crippen LogP contribution is -2.37. The van der Waals surface area contributed by atoms with Gasteiger partial charge in [-0.25, -0.2) is 4.39 Å². The van der Waals surface area contributed by atoms with Gasteiger partial charge in [-0.2, -0.15) is 0 Å². The van der Waals surface area contributed by atoms with Crippen LogP contribution in [0.2, 0.25) is 0 Å². The summed E-state index contributed by atoms with van der Waals surface area (Å²) in [7, 11) is 0. The zero-order chi connectivity index (χ0) is 19.9. The van der Waals surface area contributed by atoms with Crippen LogP contribution in [0.3, 0.4) is 0 Å². The van der Waals surface area contributed by atoms with E-state index in [2.05, 4.69) is 5.32 Å². The largest absolute Gasteiger partial charge is 0.394 e. The topological polar surface area (TPSA) is 61.8 Å². The molecular weight excluding hydrogens is 359 g/mol. The van der Waals surface area contributed by atoms with Gasteiger partial charge in [0.25, 0.3) is 0 Å². The van der Waals surface area contributed by atoms with Crippen LogP contribution in [0, 0.1) is 12.7 Å². The Morgan fingerprint density at radius 2 is 2.04 bits per heavy atom. The van der Waals surface area contributed by atoms with Crippen molar-refractivity contribution in [2.45, 2.75) is 13.0 Å². The highest BCUT2D eigenvalue weighted by atomic mass is 19.1. The number of anilines is 1. The highest BCUT2D eigenvalue weighted by molar-refractivity contribution is 5.92. The Morgan fingerprint density at radius 1 is 1.29 bits per heavy atom. The molecule has 1 heterocycles. The van der Waals surface area contributed by atoms with Crippen molar-refractivity contribution in [2.24, 2.45) is 0 Å². The van der Waals surface area contributed by atoms with Crippen molar-refractivity contribution in [3.05, 3.63) is 71.0 Å². The standard InChI is InChI=1S/C22H25FN2O3/c1-16-4-2-3-5-17(16)7-9-22(27)24-20(15-26)18-6-8-19(23)21(14-18)25-10-12-28-13-11-25/h2-9,14,20,26H,10-13,15H2,1H3,(H,24,27)/t20-/m0/s1. The number of amides is 1. The monoisotopic (exact) mass is 384 g/mol. The van der Waals surface area contributed by atoms with Gasteiger partial charge in [0.2, 0.25) is 5.91 Å². The Labute approximate surface area is 164 Å². The van der Waals surface area contributed by atoms with E-state index < -0.39 is 6.04 Å². The van der Waals surface area contributed by atoms with Crippen molar-refractivity contribution in [3.8, 4) is 0 Å². The molecule has 6 heteroatoms. The van der Waals surface area contributed by atoms with Crippen LogP contribution in [0.15, 0.2) is 48.5 Å². The number of hydrogen-bond acceptors (Lipinski definition) is 4. The molecule has 1 saturated heterocycles. The number of carbonyl (C=O) groups is 1. The number of morpholine rings is 1. The molecule has 148 valence electrons. The summed E-state index contributed by atoms with van der Waals surface area (Å²) in [6.45, 7) is 4.00. The van der Waals surface area contributed by atoms with E-state index in [1.807, 2.05) is 36.1 Å². The number of ether oxygens (including phenoxy) is 1. The summed E-state index contributed by atoms with van der Waals surface area (Å²) in [6.07, 6.45) is 3.18. The fraction of sp³-hybridized carbons (Fsp3) is 0.318. The van der Waals surface area contributed by atoms with Crippen molar-refractivity contribution in [1.82, 2.24) is 5.32 Å². The highest BCUT2D eigenvalue weighted by Gasteiger charge is 2.19. The molecule has 0 saturated carbocycles. The second kappa shape index (κ2) is 9.48. The number of nitrogens with zero attached hydrogens (tertiary/aromatic N) is 1. The minimum Gasteiger partial charge on any atom is -0.394 e. The Bertz CT molecular complexity index is 847. The molecule has 1 fully saturated rings. The second-order valence-electron chi connectivity index (χ2n) is 6.74. The first-order valence-corrected chi connectivity index (χ1v) is 9.35. The zero-order valence-electron chi connectivity index (χ0n) is 15.9. The molecule has 1 aliphatic heterocycles. The van der Waals surface area contributed by atoms with Crippen LogP contribution >= 0.6 is 0 Å². The van der Waals surface area contributed by atoms with Gasteiger partial charge in [0.15, 0.2) is 0 Å². The minimum atomic E-state index is -0.616. The van der Waals surface area contributed by atoms with Crippen molar-refractivity contribution >= 4 is 17.7 Å². The average Bonchev–Trinajstić information content (AvgIpc) is 2.72. The lowest BCUT2D eigenvalue weighted by Gasteiger charge is -2.30. The summed E-state index contributed by atoms with van der Waals surface area (Å²) in [5.74, 6) is -0.646. The molecule has 0 spiro atoms. The summed E-state index contributed by atoms with van der Waals surface area (Å²) in [4.78, 5) is 14.2. The lowest BCUT2D eigenvalue weighted by molar-refractivity contribution is -0.117. The van der Waals surface area contributed by atoms with E-state index in [1.54, 1.807) is 18.2 Å². The fourth-order valence-corrected chi connectivity index (χ4v) is 3.19. The smallest absolute Gasteiger partial charge is 0.244 e. The molecule has 3 rings (SSSR count). The molecular formula is C22H25FN2O3. The summed E-state index contributed by atoms with van der Waals surface area (Å²) in [5.41, 5.74) is 3.14. The van der Waals surface area contributed by atoms with Crippen LogP contribution in [0.1, 0.15) is 22.7 Å². The number of benzene rings is 2. The molecule has 5 nitrogen and oxygen atoms in total. The van der Waals surface area contributed by atoms with Crippen LogP contribution < -0.4 is 10.2 Å². The van der Waals surface area contributed by atoms with E-state index in [1.165, 1.54) is 12.1 Å². The number of rotatable bonds is 6. The third-order valence-corrected chi connectivity index (χ3v) is 4.83. The summed E-state index contributed by atoms with van der Waals surface area (Å²) in [5, 5.41) is 12.5. The van der Waals surface area contributed by atoms with Crippen molar-refractivity contribution < 1.29 is 19.0 Å². The molecule has 0 aliphatic carbocycles. The third kappa shape index (κ3) is 4.97. The number of aliphatic hydroxyl groups excluding tert-OH is 1. The first-order chi connectivity index (χ1) is 13.6. The number of aliphatic hydroxyl groups is 1. The van der Waals surface area contributed by atoms with E-state index in [-0.39, 0.29) is 18.3 Å². The van der Waals surface area contributed by atoms with Gasteiger partial charge in [0, 0.05) is 19.2 Å². The number of nitrogens with one attached hydrogen (secondary N) is 1. The minimum absolute atomic E-state index is 0.280. The van der Waals surface area contributed by atoms with E-state index in [0.717, 1.165) is 11.1 Å². The molecule has 2 aromatic carbocycles. The zero-order valence-corrected chi connectivity index (χ0v) is 15.9. The van der Waals surface area contributed by atoms with Gasteiger partial charge in [-0.15, -0.1) is 0 Å². The summed E-state index contributed by atoms with van der Waals surface area (Å²) in [6, 6.07) is 11.8. The maximum Gasteiger partial charge on any atom is 0.244 e. The van der Waals surface area contributed by atoms with E-state index in [0.29, 0.717) is 37.6 Å². The predicted molar refractivity (Wildman–Crippen MR) is 108 cm³/mol. The molecule has 1 aliphatic rings. The maximum atomic E-state index is 14.3. The number of halogens is 1. The molecule has 0 unspecified atom stereocenters. The molecule has 2 N–H and O–H groups in total. The maximum absolute atomic E-state index is 14.3. The SMILES string of the molecule is Cc1ccccc1C=CC(=O)N[C@@H](CO)c1ccc(F)c(N2CCOCC2)c1. The van der Waals surface area contributed by atoms with Gasteiger partial charge in [-0.3, -0.25) is 4.79 Å². The van der Waals surface area contributed by atoms with E-state index in [9.17, 15) is 14.3 Å². The molecule has 1 atom stereocenters. The first kappa shape index (κ1) is 20.0. The van der Waals surface area contributed by atoms with E-state index in [4.69, 9.17) is 4.74 Å². The number of aryl methyl sites for hydroxylation is 1. The second-order valence-corrected chi connectivity index (χ2v) is 6.74. The lowest BCUT2D eigenvalue weighted by atomic mass is 10.1. The summed E-state index contributed by atoms with van der Waals surface area (Å²) >= 11 is 0. The van der Waals surface area contributed by atoms with Crippen molar-refractivity contribution in [2.75, 3.05) is 37.8 Å². The van der Waals surface area contributed by atoms with Crippen molar-refractivity contribution in [3.63, 3.8) is 0 Å². The average molecular weight is 384 g/mol. The molecule has 2 aromatic rings. The quantitative estimate of drug-likeness (QED) is 0.752. The van der Waals surface area contributed by atoms with Gasteiger partial charge < -0.3 is 20.1 Å². The van der Waals surface area contributed by atoms with Crippen LogP contribution in [0.4, 0.5) is 10.1 Å². The molecule has 28 heavy (non-hydrogen) atoms. The Balaban J connectivity index is 1.72. The van der Waals surface area contributed by atoms with Crippen molar-refractivity contribution in [1.29, 1.82) is 0 Å². The van der Waals surface area contributed by atoms with Crippen LogP contribution in [-0.4, -0.2) is 43.9 Å². The van der Waals surface area contributed by atoms with Gasteiger partial charge >= 0.3 is 0 Å². The van der Waals surface area contributed by atoms with Gasteiger partial charge in [0.05, 0.1) is 31.5 Å². The highest BCUT2D eigenvalue weighted by Crippen LogP contribution is 2.25. The number of hydrogen-bond donors (Lipinski definition) is 2. The van der Waals surface area contributed by atoms with Crippen LogP contribution in [0.25, 0.3) is 6.08 Å². The van der Waals surface area contributed by atoms with Crippen LogP contribution in [0.5, 0.6) is 0 Å². The van der Waals surface area contributed by atoms with E-state index >= 15 is 0 Å². The normalized spacial score (nSPS) is 15.6. The third-order valence-electron chi connectivity index (χ3n) is 4.83. The molecule has 0 aromatic heterocycles. The molecule has 1 amide bonds. The fourth-order valence-electron chi connectivity index (χ4n) is 3.19. The molecule has 0 radical (unpaired) electrons. The Kier molecular flexibility index (Phi) is 6.79. The first-order valence-electron chi connectivity index (χ1n) is 9.35. The van der Waals surface area contributed by atoms with Gasteiger partial charge in [-0.05, 0) is 41.8 Å². The van der Waals surface area contributed by atoms with Crippen LogP contribution in [-0.2, 0) is 9.53 Å². The number of carbonyl (C=O) groups excluding carboxylic acids is 1.